The second kappa shape index (κ2) is 8.17. The van der Waals surface area contributed by atoms with Gasteiger partial charge in [-0.3, -0.25) is 0 Å². The van der Waals surface area contributed by atoms with Gasteiger partial charge in [-0.25, -0.2) is 0 Å². The minimum absolute atomic E-state index is 0.0419. The van der Waals surface area contributed by atoms with Crippen molar-refractivity contribution in [3.63, 3.8) is 0 Å². The van der Waals surface area contributed by atoms with E-state index in [1.54, 1.807) is 6.07 Å². The number of rotatable bonds is 7. The highest BCUT2D eigenvalue weighted by atomic mass is 16.3. The molecule has 31 heavy (non-hydrogen) atoms. The Morgan fingerprint density at radius 3 is 1.97 bits per heavy atom. The van der Waals surface area contributed by atoms with E-state index in [1.807, 2.05) is 46.7 Å². The number of phenols is 3. The number of likely N-dealkylation sites (N-methyl/N-ethyl adjacent to an activating group) is 2. The summed E-state index contributed by atoms with van der Waals surface area (Å²) in [5.41, 5.74) is 4.19. The van der Waals surface area contributed by atoms with Crippen LogP contribution in [0.3, 0.4) is 0 Å². The van der Waals surface area contributed by atoms with E-state index < -0.39 is 0 Å². The van der Waals surface area contributed by atoms with E-state index >= 15 is 0 Å². The number of H-pyrrole nitrogens is 2. The van der Waals surface area contributed by atoms with Gasteiger partial charge in [0.1, 0.15) is 17.2 Å². The Bertz CT molecular complexity index is 1240. The van der Waals surface area contributed by atoms with Crippen molar-refractivity contribution < 1.29 is 15.3 Å². The fraction of sp³-hybridized carbons (Fsp3) is 0.333. The van der Waals surface area contributed by atoms with Gasteiger partial charge in [0.25, 0.3) is 0 Å². The van der Waals surface area contributed by atoms with Crippen LogP contribution in [0.4, 0.5) is 0 Å². The predicted molar refractivity (Wildman–Crippen MR) is 125 cm³/mol. The molecule has 0 radical (unpaired) electrons. The van der Waals surface area contributed by atoms with E-state index in [0.717, 1.165) is 48.0 Å². The van der Waals surface area contributed by atoms with Crippen LogP contribution >= 0.6 is 0 Å². The Kier molecular flexibility index (Phi) is 5.56. The second-order valence-corrected chi connectivity index (χ2v) is 8.66. The third-order valence-corrected chi connectivity index (χ3v) is 5.84. The summed E-state index contributed by atoms with van der Waals surface area (Å²) in [5, 5.41) is 34.4. The molecule has 0 atom stereocenters. The number of benzene rings is 2. The molecule has 0 amide bonds. The van der Waals surface area contributed by atoms with E-state index in [0.29, 0.717) is 22.0 Å². The van der Waals surface area contributed by atoms with Gasteiger partial charge in [0.2, 0.25) is 0 Å². The Balaban J connectivity index is 1.86. The molecule has 0 aliphatic rings. The molecular formula is C24H30N4O3. The van der Waals surface area contributed by atoms with Gasteiger partial charge < -0.3 is 35.1 Å². The van der Waals surface area contributed by atoms with Crippen LogP contribution in [0.2, 0.25) is 0 Å². The number of nitrogens with zero attached hydrogens (tertiary/aromatic N) is 2. The summed E-state index contributed by atoms with van der Waals surface area (Å²) in [6, 6.07) is 5.18. The lowest BCUT2D eigenvalue weighted by molar-refractivity contribution is 0.414. The molecule has 0 aliphatic carbocycles. The summed E-state index contributed by atoms with van der Waals surface area (Å²) in [4.78, 5) is 10.5. The van der Waals surface area contributed by atoms with Crippen LogP contribution < -0.4 is 0 Å². The van der Waals surface area contributed by atoms with Gasteiger partial charge in [-0.05, 0) is 70.4 Å². The minimum atomic E-state index is 0.0419. The van der Waals surface area contributed by atoms with Gasteiger partial charge in [0.05, 0.1) is 5.52 Å². The number of aromatic nitrogens is 2. The Hall–Kier alpha value is -3.16. The molecule has 0 saturated carbocycles. The first-order valence-corrected chi connectivity index (χ1v) is 10.4. The standard InChI is InChI=1S/C24H30N4O3/c1-27(2)9-7-14-12-25-18-6-5-16(23(30)20(14)18)17-11-19(29)22-21(24(17)31)15(13-26-22)8-10-28(3)4/h5-6,11-13,25-26,29-31H,7-10H2,1-4H3. The maximum Gasteiger partial charge on any atom is 0.140 e. The minimum Gasteiger partial charge on any atom is -0.507 e. The lowest BCUT2D eigenvalue weighted by Gasteiger charge is -2.13. The van der Waals surface area contributed by atoms with Gasteiger partial charge in [-0.2, -0.15) is 0 Å². The molecule has 0 saturated heterocycles. The zero-order chi connectivity index (χ0) is 22.3. The summed E-state index contributed by atoms with van der Waals surface area (Å²) in [7, 11) is 8.02. The molecule has 4 rings (SSSR count). The summed E-state index contributed by atoms with van der Waals surface area (Å²) in [6.07, 6.45) is 5.25. The summed E-state index contributed by atoms with van der Waals surface area (Å²) in [5.74, 6) is 0.204. The highest BCUT2D eigenvalue weighted by molar-refractivity contribution is 6.03. The largest absolute Gasteiger partial charge is 0.507 e. The van der Waals surface area contributed by atoms with Crippen LogP contribution in [-0.4, -0.2) is 76.4 Å². The maximum atomic E-state index is 11.2. The molecule has 2 aromatic carbocycles. The number of aromatic hydroxyl groups is 3. The molecular weight excluding hydrogens is 392 g/mol. The van der Waals surface area contributed by atoms with Gasteiger partial charge in [0, 0.05) is 52.9 Å². The fourth-order valence-electron chi connectivity index (χ4n) is 4.13. The van der Waals surface area contributed by atoms with Crippen molar-refractivity contribution in [1.82, 2.24) is 19.8 Å². The molecule has 7 heteroatoms. The number of hydrogen-bond donors (Lipinski definition) is 5. The first-order chi connectivity index (χ1) is 14.8. The number of hydrogen-bond acceptors (Lipinski definition) is 5. The van der Waals surface area contributed by atoms with Crippen LogP contribution in [0.1, 0.15) is 11.1 Å². The van der Waals surface area contributed by atoms with Crippen LogP contribution in [-0.2, 0) is 12.8 Å². The summed E-state index contributed by atoms with van der Waals surface area (Å²) < 4.78 is 0. The maximum absolute atomic E-state index is 11.2. The molecule has 164 valence electrons. The number of fused-ring (bicyclic) bond motifs is 2. The molecule has 0 spiro atoms. The normalized spacial score (nSPS) is 12.1. The van der Waals surface area contributed by atoms with Crippen LogP contribution in [0.5, 0.6) is 17.2 Å². The quantitative estimate of drug-likeness (QED) is 0.293. The van der Waals surface area contributed by atoms with Gasteiger partial charge in [-0.15, -0.1) is 0 Å². The highest BCUT2D eigenvalue weighted by Crippen LogP contribution is 2.46. The summed E-state index contributed by atoms with van der Waals surface area (Å²) >= 11 is 0. The first kappa shape index (κ1) is 21.1. The smallest absolute Gasteiger partial charge is 0.140 e. The van der Waals surface area contributed by atoms with Crippen LogP contribution in [0.15, 0.2) is 30.6 Å². The third kappa shape index (κ3) is 3.82. The van der Waals surface area contributed by atoms with E-state index in [9.17, 15) is 15.3 Å². The number of aromatic amines is 2. The molecule has 5 N–H and O–H groups in total. The van der Waals surface area contributed by atoms with Crippen molar-refractivity contribution in [3.05, 3.63) is 41.7 Å². The number of nitrogens with one attached hydrogen (secondary N) is 2. The van der Waals surface area contributed by atoms with Crippen LogP contribution in [0.25, 0.3) is 32.9 Å². The Labute approximate surface area is 181 Å². The van der Waals surface area contributed by atoms with Gasteiger partial charge in [0.15, 0.2) is 0 Å². The molecule has 0 unspecified atom stereocenters. The second-order valence-electron chi connectivity index (χ2n) is 8.66. The SMILES string of the molecule is CN(C)CCc1c[nH]c2ccc(-c3cc(O)c4[nH]cc(CCN(C)C)c4c3O)c(O)c12. The van der Waals surface area contributed by atoms with E-state index in [4.69, 9.17) is 0 Å². The molecule has 4 aromatic rings. The Morgan fingerprint density at radius 2 is 1.32 bits per heavy atom. The third-order valence-electron chi connectivity index (χ3n) is 5.84. The number of phenolic OH excluding ortho intramolecular Hbond substituents is 3. The van der Waals surface area contributed by atoms with Crippen molar-refractivity contribution in [2.45, 2.75) is 12.8 Å². The van der Waals surface area contributed by atoms with Crippen molar-refractivity contribution in [1.29, 1.82) is 0 Å². The fourth-order valence-corrected chi connectivity index (χ4v) is 4.13. The van der Waals surface area contributed by atoms with E-state index in [-0.39, 0.29) is 17.2 Å². The summed E-state index contributed by atoms with van der Waals surface area (Å²) in [6.45, 7) is 1.67. The monoisotopic (exact) mass is 422 g/mol. The lowest BCUT2D eigenvalue weighted by Crippen LogP contribution is -2.14. The van der Waals surface area contributed by atoms with Crippen molar-refractivity contribution in [2.24, 2.45) is 0 Å². The van der Waals surface area contributed by atoms with Crippen LogP contribution in [0, 0.1) is 0 Å². The van der Waals surface area contributed by atoms with Crippen molar-refractivity contribution in [2.75, 3.05) is 41.3 Å². The topological polar surface area (TPSA) is 98.8 Å². The molecule has 0 bridgehead atoms. The van der Waals surface area contributed by atoms with Gasteiger partial charge >= 0.3 is 0 Å². The zero-order valence-corrected chi connectivity index (χ0v) is 18.5. The van der Waals surface area contributed by atoms with E-state index in [1.165, 1.54) is 6.07 Å². The molecule has 0 fully saturated rings. The molecule has 2 aromatic heterocycles. The molecule has 7 nitrogen and oxygen atoms in total. The average molecular weight is 423 g/mol. The van der Waals surface area contributed by atoms with Crippen molar-refractivity contribution >= 4 is 21.8 Å². The average Bonchev–Trinajstić information content (AvgIpc) is 3.33. The zero-order valence-electron chi connectivity index (χ0n) is 18.5. The highest BCUT2D eigenvalue weighted by Gasteiger charge is 2.21. The molecule has 2 heterocycles. The van der Waals surface area contributed by atoms with Crippen molar-refractivity contribution in [3.8, 4) is 28.4 Å². The first-order valence-electron chi connectivity index (χ1n) is 10.4. The predicted octanol–water partition coefficient (Wildman–Crippen LogP) is 3.64. The van der Waals surface area contributed by atoms with E-state index in [2.05, 4.69) is 19.8 Å². The lowest BCUT2D eigenvalue weighted by atomic mass is 9.96. The Morgan fingerprint density at radius 1 is 0.742 bits per heavy atom. The molecule has 0 aliphatic heterocycles. The van der Waals surface area contributed by atoms with Gasteiger partial charge in [-0.1, -0.05) is 0 Å².